The van der Waals surface area contributed by atoms with Crippen LogP contribution in [0.25, 0.3) is 0 Å². The van der Waals surface area contributed by atoms with Gasteiger partial charge in [-0.3, -0.25) is 4.79 Å². The molecule has 2 aromatic rings. The standard InChI is InChI=1S/C15H15N3O7/c19-8-10-11(20)13(22)15(25-10,12(21)9-4-2-1-3-5-9)17-7-6-16-14(17)18(23)24/h1-7,10-11,13,19-20,22H,8H2/t10-,11-,13+,15+/m1/s1. The average molecular weight is 349 g/mol. The number of carbonyl (C=O) groups is 1. The summed E-state index contributed by atoms with van der Waals surface area (Å²) in [6, 6.07) is 7.71. The molecule has 0 unspecified atom stereocenters. The molecule has 25 heavy (non-hydrogen) atoms. The highest BCUT2D eigenvalue weighted by Crippen LogP contribution is 2.40. The zero-order valence-electron chi connectivity index (χ0n) is 12.8. The van der Waals surface area contributed by atoms with Gasteiger partial charge in [0.1, 0.15) is 24.6 Å². The molecule has 10 nitrogen and oxygen atoms in total. The normalized spacial score (nSPS) is 28.8. The Labute approximate surface area is 141 Å². The second kappa shape index (κ2) is 6.33. The Morgan fingerprint density at radius 3 is 2.60 bits per heavy atom. The predicted octanol–water partition coefficient (Wildman–Crippen LogP) is -0.560. The summed E-state index contributed by atoms with van der Waals surface area (Å²) in [6.45, 7) is -0.690. The number of rotatable bonds is 5. The number of benzene rings is 1. The maximum atomic E-state index is 13.1. The molecule has 0 spiro atoms. The number of carbonyl (C=O) groups excluding carboxylic acids is 1. The van der Waals surface area contributed by atoms with Gasteiger partial charge >= 0.3 is 5.95 Å². The molecule has 1 aliphatic rings. The number of nitrogens with zero attached hydrogens (tertiary/aromatic N) is 3. The molecule has 0 bridgehead atoms. The Bertz CT molecular complexity index is 793. The first-order chi connectivity index (χ1) is 11.9. The Morgan fingerprint density at radius 1 is 1.36 bits per heavy atom. The molecule has 0 aliphatic carbocycles. The van der Waals surface area contributed by atoms with E-state index in [0.29, 0.717) is 0 Å². The van der Waals surface area contributed by atoms with Crippen molar-refractivity contribution in [1.82, 2.24) is 9.55 Å². The number of imidazole rings is 1. The number of aliphatic hydroxyl groups is 3. The Morgan fingerprint density at radius 2 is 2.04 bits per heavy atom. The smallest absolute Gasteiger partial charge is 0.394 e. The molecule has 0 saturated carbocycles. The van der Waals surface area contributed by atoms with E-state index in [2.05, 4.69) is 4.98 Å². The SMILES string of the molecule is O=C(c1ccccc1)[C@]1(n2ccnc2[N+](=O)[O-])O[C@H](CO)[C@@H](O)[C@@H]1O. The van der Waals surface area contributed by atoms with Crippen LogP contribution in [0.15, 0.2) is 42.7 Å². The van der Waals surface area contributed by atoms with Gasteiger partial charge in [-0.15, -0.1) is 0 Å². The summed E-state index contributed by atoms with van der Waals surface area (Å²) in [6.07, 6.45) is -2.60. The third-order valence-electron chi connectivity index (χ3n) is 4.12. The van der Waals surface area contributed by atoms with Gasteiger partial charge in [-0.2, -0.15) is 4.57 Å². The Hall–Kier alpha value is -2.66. The Kier molecular flexibility index (Phi) is 4.35. The first-order valence-corrected chi connectivity index (χ1v) is 7.36. The van der Waals surface area contributed by atoms with Crippen molar-refractivity contribution in [3.8, 4) is 0 Å². The first-order valence-electron chi connectivity index (χ1n) is 7.36. The molecule has 1 aromatic heterocycles. The highest BCUT2D eigenvalue weighted by molar-refractivity contribution is 6.01. The molecule has 0 radical (unpaired) electrons. The number of aliphatic hydroxyl groups excluding tert-OH is 3. The van der Waals surface area contributed by atoms with E-state index in [1.165, 1.54) is 12.1 Å². The van der Waals surface area contributed by atoms with Crippen molar-refractivity contribution >= 4 is 11.7 Å². The van der Waals surface area contributed by atoms with Gasteiger partial charge in [-0.25, -0.2) is 0 Å². The second-order valence-electron chi connectivity index (χ2n) is 5.52. The maximum Gasteiger partial charge on any atom is 0.437 e. The van der Waals surface area contributed by atoms with E-state index in [1.807, 2.05) is 0 Å². The van der Waals surface area contributed by atoms with Crippen molar-refractivity contribution in [2.75, 3.05) is 6.61 Å². The highest BCUT2D eigenvalue weighted by atomic mass is 16.6. The third-order valence-corrected chi connectivity index (χ3v) is 4.12. The fourth-order valence-electron chi connectivity index (χ4n) is 2.93. The van der Waals surface area contributed by atoms with Crippen LogP contribution in [0.3, 0.4) is 0 Å². The lowest BCUT2D eigenvalue weighted by Gasteiger charge is -2.28. The summed E-state index contributed by atoms with van der Waals surface area (Å²) in [5.74, 6) is -1.55. The predicted molar refractivity (Wildman–Crippen MR) is 81.6 cm³/mol. The Balaban J connectivity index is 2.21. The summed E-state index contributed by atoms with van der Waals surface area (Å²) in [5, 5.41) is 41.3. The maximum absolute atomic E-state index is 13.1. The van der Waals surface area contributed by atoms with E-state index in [4.69, 9.17) is 4.74 Å². The van der Waals surface area contributed by atoms with Gasteiger partial charge in [0.2, 0.25) is 5.78 Å². The van der Waals surface area contributed by atoms with Crippen molar-refractivity contribution < 1.29 is 29.8 Å². The van der Waals surface area contributed by atoms with Gasteiger partial charge in [0.05, 0.1) is 6.61 Å². The molecule has 1 saturated heterocycles. The fraction of sp³-hybridized carbons (Fsp3) is 0.333. The zero-order chi connectivity index (χ0) is 18.2. The summed E-state index contributed by atoms with van der Waals surface area (Å²) < 4.78 is 6.26. The number of ether oxygens (including phenoxy) is 1. The van der Waals surface area contributed by atoms with Gasteiger partial charge in [0.15, 0.2) is 6.10 Å². The monoisotopic (exact) mass is 349 g/mol. The van der Waals surface area contributed by atoms with Crippen LogP contribution < -0.4 is 0 Å². The number of nitro groups is 1. The van der Waals surface area contributed by atoms with E-state index < -0.39 is 47.3 Å². The lowest BCUT2D eigenvalue weighted by atomic mass is 9.93. The van der Waals surface area contributed by atoms with Crippen molar-refractivity contribution in [1.29, 1.82) is 0 Å². The molecule has 1 aromatic carbocycles. The van der Waals surface area contributed by atoms with E-state index in [-0.39, 0.29) is 5.56 Å². The molecule has 0 amide bonds. The molecule has 2 heterocycles. The van der Waals surface area contributed by atoms with Crippen LogP contribution in [0.5, 0.6) is 0 Å². The van der Waals surface area contributed by atoms with Crippen LogP contribution >= 0.6 is 0 Å². The van der Waals surface area contributed by atoms with Gasteiger partial charge < -0.3 is 30.2 Å². The fourth-order valence-corrected chi connectivity index (χ4v) is 2.93. The number of Topliss-reactive ketones (excluding diaryl/α,β-unsaturated/α-hetero) is 1. The summed E-state index contributed by atoms with van der Waals surface area (Å²) in [4.78, 5) is 27.1. The van der Waals surface area contributed by atoms with Crippen LogP contribution in [-0.4, -0.2) is 60.5 Å². The lowest BCUT2D eigenvalue weighted by Crippen LogP contribution is -2.52. The van der Waals surface area contributed by atoms with E-state index >= 15 is 0 Å². The number of hydrogen-bond donors (Lipinski definition) is 3. The highest BCUT2D eigenvalue weighted by Gasteiger charge is 2.63. The molecular formula is C15H15N3O7. The topological polar surface area (TPSA) is 148 Å². The third kappa shape index (κ3) is 2.51. The minimum absolute atomic E-state index is 0.107. The minimum atomic E-state index is -2.33. The van der Waals surface area contributed by atoms with Crippen molar-refractivity contribution in [3.05, 3.63) is 58.4 Å². The molecule has 3 rings (SSSR count). The van der Waals surface area contributed by atoms with Crippen molar-refractivity contribution in [2.24, 2.45) is 0 Å². The van der Waals surface area contributed by atoms with E-state index in [9.17, 15) is 30.2 Å². The molecule has 132 valence electrons. The van der Waals surface area contributed by atoms with E-state index in [1.54, 1.807) is 18.2 Å². The van der Waals surface area contributed by atoms with Crippen LogP contribution in [0.2, 0.25) is 0 Å². The summed E-state index contributed by atoms with van der Waals surface area (Å²) in [7, 11) is 0. The molecule has 1 aliphatic heterocycles. The van der Waals surface area contributed by atoms with Crippen LogP contribution in [0.4, 0.5) is 5.95 Å². The first kappa shape index (κ1) is 17.2. The van der Waals surface area contributed by atoms with Crippen LogP contribution in [0, 0.1) is 10.1 Å². The van der Waals surface area contributed by atoms with Crippen molar-refractivity contribution in [2.45, 2.75) is 24.0 Å². The zero-order valence-corrected chi connectivity index (χ0v) is 12.8. The van der Waals surface area contributed by atoms with Crippen LogP contribution in [0.1, 0.15) is 10.4 Å². The quantitative estimate of drug-likeness (QED) is 0.369. The molecule has 3 N–H and O–H groups in total. The van der Waals surface area contributed by atoms with Gasteiger partial charge in [0, 0.05) is 5.56 Å². The number of ketones is 1. The van der Waals surface area contributed by atoms with E-state index in [0.717, 1.165) is 17.0 Å². The number of hydrogen-bond acceptors (Lipinski definition) is 8. The van der Waals surface area contributed by atoms with Gasteiger partial charge in [0.25, 0.3) is 5.72 Å². The average Bonchev–Trinajstić information content (AvgIpc) is 3.21. The van der Waals surface area contributed by atoms with Gasteiger partial charge in [-0.05, 0) is 4.92 Å². The molecular weight excluding hydrogens is 334 g/mol. The number of aromatic nitrogens is 2. The van der Waals surface area contributed by atoms with Crippen molar-refractivity contribution in [3.63, 3.8) is 0 Å². The second-order valence-corrected chi connectivity index (χ2v) is 5.52. The van der Waals surface area contributed by atoms with Crippen LogP contribution in [-0.2, 0) is 10.5 Å². The molecule has 1 fully saturated rings. The summed E-state index contributed by atoms with van der Waals surface area (Å²) in [5.41, 5.74) is -2.22. The molecule has 10 heteroatoms. The minimum Gasteiger partial charge on any atom is -0.394 e. The van der Waals surface area contributed by atoms with Gasteiger partial charge in [-0.1, -0.05) is 35.3 Å². The molecule has 4 atom stereocenters. The lowest BCUT2D eigenvalue weighted by molar-refractivity contribution is -0.400. The largest absolute Gasteiger partial charge is 0.437 e. The summed E-state index contributed by atoms with van der Waals surface area (Å²) >= 11 is 0.